The molecule has 2 heterocycles. The van der Waals surface area contributed by atoms with Crippen LogP contribution in [0.2, 0.25) is 0 Å². The summed E-state index contributed by atoms with van der Waals surface area (Å²) in [5, 5.41) is 5.40. The Labute approximate surface area is 120 Å². The number of rotatable bonds is 5. The molecule has 0 saturated carbocycles. The quantitative estimate of drug-likeness (QED) is 0.901. The fourth-order valence-corrected chi connectivity index (χ4v) is 2.93. The number of aromatic nitrogens is 1. The third-order valence-electron chi connectivity index (χ3n) is 2.58. The van der Waals surface area contributed by atoms with Crippen molar-refractivity contribution >= 4 is 38.8 Å². The minimum Gasteiger partial charge on any atom is -0.370 e. The number of pyridine rings is 1. The average Bonchev–Trinajstić information content (AvgIpc) is 2.75. The Kier molecular flexibility index (Phi) is 4.60. The molecular weight excluding hydrogens is 310 g/mol. The lowest BCUT2D eigenvalue weighted by Gasteiger charge is -2.19. The van der Waals surface area contributed by atoms with E-state index in [0.717, 1.165) is 18.9 Å². The van der Waals surface area contributed by atoms with Gasteiger partial charge in [0.15, 0.2) is 0 Å². The third-order valence-corrected chi connectivity index (χ3v) is 4.14. The van der Waals surface area contributed by atoms with E-state index >= 15 is 0 Å². The van der Waals surface area contributed by atoms with Crippen LogP contribution in [0.5, 0.6) is 0 Å². The van der Waals surface area contributed by atoms with E-state index < -0.39 is 0 Å². The van der Waals surface area contributed by atoms with Gasteiger partial charge in [0.2, 0.25) is 0 Å². The monoisotopic (exact) mass is 325 g/mol. The Morgan fingerprint density at radius 1 is 1.44 bits per heavy atom. The summed E-state index contributed by atoms with van der Waals surface area (Å²) in [6, 6.07) is 6.26. The Bertz CT molecular complexity index is 512. The average molecular weight is 326 g/mol. The van der Waals surface area contributed by atoms with Crippen molar-refractivity contribution in [3.63, 3.8) is 0 Å². The Balaban J connectivity index is 2.08. The molecule has 2 aromatic heterocycles. The molecule has 3 nitrogen and oxygen atoms in total. The fraction of sp³-hybridized carbons (Fsp3) is 0.308. The zero-order valence-electron chi connectivity index (χ0n) is 10.5. The second kappa shape index (κ2) is 6.20. The van der Waals surface area contributed by atoms with E-state index in [9.17, 15) is 0 Å². The maximum atomic E-state index is 4.28. The minimum atomic E-state index is 0.887. The molecule has 0 bridgehead atoms. The molecular formula is C13H16BrN3S. The van der Waals surface area contributed by atoms with Gasteiger partial charge in [0.1, 0.15) is 5.82 Å². The molecule has 2 aromatic rings. The van der Waals surface area contributed by atoms with Gasteiger partial charge in [-0.1, -0.05) is 0 Å². The normalized spacial score (nSPS) is 10.4. The number of hydrogen-bond acceptors (Lipinski definition) is 4. The molecule has 0 aromatic carbocycles. The number of anilines is 2. The number of hydrogen-bond donors (Lipinski definition) is 1. The van der Waals surface area contributed by atoms with E-state index in [1.165, 1.54) is 15.0 Å². The van der Waals surface area contributed by atoms with Crippen molar-refractivity contribution < 1.29 is 0 Å². The number of nitrogens with zero attached hydrogens (tertiary/aromatic N) is 2. The summed E-state index contributed by atoms with van der Waals surface area (Å²) >= 11 is 5.21. The van der Waals surface area contributed by atoms with Crippen molar-refractivity contribution in [2.75, 3.05) is 23.8 Å². The molecule has 0 radical (unpaired) electrons. The summed E-state index contributed by atoms with van der Waals surface area (Å²) < 4.78 is 1.17. The van der Waals surface area contributed by atoms with Crippen LogP contribution in [0.1, 0.15) is 12.5 Å². The van der Waals surface area contributed by atoms with Crippen LogP contribution in [0.4, 0.5) is 11.5 Å². The molecule has 0 aliphatic rings. The highest BCUT2D eigenvalue weighted by molar-refractivity contribution is 9.11. The molecule has 18 heavy (non-hydrogen) atoms. The van der Waals surface area contributed by atoms with Gasteiger partial charge >= 0.3 is 0 Å². The zero-order chi connectivity index (χ0) is 13.0. The maximum Gasteiger partial charge on any atom is 0.127 e. The van der Waals surface area contributed by atoms with Crippen LogP contribution >= 0.6 is 27.3 Å². The van der Waals surface area contributed by atoms with Gasteiger partial charge in [-0.15, -0.1) is 11.3 Å². The Morgan fingerprint density at radius 3 is 2.94 bits per heavy atom. The molecule has 5 heteroatoms. The molecule has 96 valence electrons. The van der Waals surface area contributed by atoms with Gasteiger partial charge < -0.3 is 10.2 Å². The van der Waals surface area contributed by atoms with Gasteiger partial charge in [0.25, 0.3) is 0 Å². The topological polar surface area (TPSA) is 28.2 Å². The van der Waals surface area contributed by atoms with Crippen molar-refractivity contribution in [1.29, 1.82) is 0 Å². The van der Waals surface area contributed by atoms with Crippen LogP contribution < -0.4 is 10.2 Å². The van der Waals surface area contributed by atoms with Crippen molar-refractivity contribution in [2.24, 2.45) is 0 Å². The third kappa shape index (κ3) is 3.46. The van der Waals surface area contributed by atoms with Crippen LogP contribution in [0.3, 0.4) is 0 Å². The second-order valence-electron chi connectivity index (χ2n) is 4.04. The molecule has 2 rings (SSSR count). The highest BCUT2D eigenvalue weighted by Gasteiger charge is 2.05. The van der Waals surface area contributed by atoms with Crippen molar-refractivity contribution in [2.45, 2.75) is 13.5 Å². The summed E-state index contributed by atoms with van der Waals surface area (Å²) in [6.45, 7) is 3.86. The van der Waals surface area contributed by atoms with Gasteiger partial charge in [-0.3, -0.25) is 0 Å². The Hall–Kier alpha value is -1.07. The summed E-state index contributed by atoms with van der Waals surface area (Å²) in [7, 11) is 2.09. The molecule has 0 aliphatic carbocycles. The smallest absolute Gasteiger partial charge is 0.127 e. The maximum absolute atomic E-state index is 4.28. The summed E-state index contributed by atoms with van der Waals surface area (Å²) in [4.78, 5) is 6.50. The highest BCUT2D eigenvalue weighted by Crippen LogP contribution is 2.23. The van der Waals surface area contributed by atoms with E-state index in [0.29, 0.717) is 0 Å². The highest BCUT2D eigenvalue weighted by atomic mass is 79.9. The first-order valence-electron chi connectivity index (χ1n) is 5.83. The molecule has 1 N–H and O–H groups in total. The van der Waals surface area contributed by atoms with Crippen LogP contribution in [0.25, 0.3) is 0 Å². The van der Waals surface area contributed by atoms with Crippen molar-refractivity contribution in [1.82, 2.24) is 4.98 Å². The number of thiophene rings is 1. The Morgan fingerprint density at radius 2 is 2.28 bits per heavy atom. The van der Waals surface area contributed by atoms with Gasteiger partial charge in [0, 0.05) is 38.1 Å². The number of halogens is 1. The second-order valence-corrected chi connectivity index (χ2v) is 6.34. The van der Waals surface area contributed by atoms with Gasteiger partial charge in [-0.2, -0.15) is 0 Å². The molecule has 0 fully saturated rings. The van der Waals surface area contributed by atoms with Crippen LogP contribution in [-0.2, 0) is 6.54 Å². The van der Waals surface area contributed by atoms with Gasteiger partial charge in [-0.05, 0) is 45.9 Å². The lowest BCUT2D eigenvalue weighted by atomic mass is 10.3. The molecule has 0 aliphatic heterocycles. The summed E-state index contributed by atoms with van der Waals surface area (Å²) in [5.41, 5.74) is 2.49. The molecule has 0 spiro atoms. The molecule has 0 unspecified atom stereocenters. The van der Waals surface area contributed by atoms with Crippen molar-refractivity contribution in [3.8, 4) is 0 Å². The van der Waals surface area contributed by atoms with E-state index in [1.807, 2.05) is 12.3 Å². The first-order valence-corrected chi connectivity index (χ1v) is 7.50. The number of nitrogens with one attached hydrogen (secondary N) is 1. The van der Waals surface area contributed by atoms with Crippen LogP contribution in [-0.4, -0.2) is 18.6 Å². The first kappa shape index (κ1) is 13.4. The molecule has 0 atom stereocenters. The molecule has 0 saturated heterocycles. The summed E-state index contributed by atoms with van der Waals surface area (Å²) in [5.74, 6) is 0.924. The van der Waals surface area contributed by atoms with E-state index in [1.54, 1.807) is 11.3 Å². The first-order chi connectivity index (χ1) is 8.69. The predicted octanol–water partition coefficient (Wildman–Crippen LogP) is 3.97. The SMILES string of the molecule is CCNc1cc(N(C)Cc2csc(Br)c2)ccn1. The van der Waals surface area contributed by atoms with E-state index in [4.69, 9.17) is 0 Å². The zero-order valence-corrected chi connectivity index (χ0v) is 12.9. The van der Waals surface area contributed by atoms with Crippen LogP contribution in [0.15, 0.2) is 33.6 Å². The van der Waals surface area contributed by atoms with Crippen molar-refractivity contribution in [3.05, 3.63) is 39.1 Å². The largest absolute Gasteiger partial charge is 0.370 e. The lowest BCUT2D eigenvalue weighted by molar-refractivity contribution is 0.924. The van der Waals surface area contributed by atoms with E-state index in [-0.39, 0.29) is 0 Å². The van der Waals surface area contributed by atoms with Gasteiger partial charge in [-0.25, -0.2) is 4.98 Å². The lowest BCUT2D eigenvalue weighted by Crippen LogP contribution is -2.16. The molecule has 0 amide bonds. The minimum absolute atomic E-state index is 0.887. The summed E-state index contributed by atoms with van der Waals surface area (Å²) in [6.07, 6.45) is 1.84. The van der Waals surface area contributed by atoms with E-state index in [2.05, 4.69) is 62.6 Å². The predicted molar refractivity (Wildman–Crippen MR) is 82.5 cm³/mol. The van der Waals surface area contributed by atoms with Crippen LogP contribution in [0, 0.1) is 0 Å². The fourth-order valence-electron chi connectivity index (χ4n) is 1.73. The standard InChI is InChI=1S/C13H16BrN3S/c1-3-15-13-7-11(4-5-16-13)17(2)8-10-6-12(14)18-9-10/h4-7,9H,3,8H2,1-2H3,(H,15,16). The van der Waals surface area contributed by atoms with Gasteiger partial charge in [0.05, 0.1) is 3.79 Å².